The molecule has 0 unspecified atom stereocenters. The van der Waals surface area contributed by atoms with Crippen molar-refractivity contribution in [2.24, 2.45) is 0 Å². The van der Waals surface area contributed by atoms with Crippen LogP contribution in [0, 0.1) is 31.0 Å². The molecule has 0 aliphatic heterocycles. The van der Waals surface area contributed by atoms with Crippen LogP contribution in [-0.2, 0) is 0 Å². The van der Waals surface area contributed by atoms with Crippen molar-refractivity contribution in [1.29, 1.82) is 5.26 Å². The fraction of sp³-hybridized carbons (Fsp3) is 0.176. The van der Waals surface area contributed by atoms with E-state index in [0.717, 1.165) is 17.2 Å². The summed E-state index contributed by atoms with van der Waals surface area (Å²) in [6, 6.07) is 11.1. The third-order valence-electron chi connectivity index (χ3n) is 3.26. The molecular weight excluding hydrogens is 269 g/mol. The summed E-state index contributed by atoms with van der Waals surface area (Å²) in [5, 5.41) is 8.64. The molecule has 0 heterocycles. The monoisotopic (exact) mass is 283 g/mol. The van der Waals surface area contributed by atoms with E-state index in [1.165, 1.54) is 12.1 Å². The Morgan fingerprint density at radius 1 is 1.19 bits per heavy atom. The molecule has 0 aliphatic rings. The average Bonchev–Trinajstić information content (AvgIpc) is 2.47. The van der Waals surface area contributed by atoms with Crippen LogP contribution in [-0.4, -0.2) is 12.4 Å². The van der Waals surface area contributed by atoms with E-state index in [-0.39, 0.29) is 23.7 Å². The van der Waals surface area contributed by atoms with Gasteiger partial charge in [0.1, 0.15) is 17.6 Å². The van der Waals surface area contributed by atoms with Gasteiger partial charge in [-0.15, -0.1) is 0 Å². The highest BCUT2D eigenvalue weighted by Crippen LogP contribution is 2.17. The van der Waals surface area contributed by atoms with Crippen LogP contribution in [0.1, 0.15) is 27.0 Å². The second-order valence-electron chi connectivity index (χ2n) is 4.76. The maximum atomic E-state index is 13.4. The standard InChI is InChI=1S/C17H14FNO2/c1-11-3-4-13(7-12(11)2)17(20)10-21-15-6-5-14(9-19)16(18)8-15/h3-8H,10H2,1-2H3. The first-order chi connectivity index (χ1) is 10.0. The lowest BCUT2D eigenvalue weighted by Crippen LogP contribution is -2.12. The number of nitriles is 1. The highest BCUT2D eigenvalue weighted by atomic mass is 19.1. The van der Waals surface area contributed by atoms with E-state index in [9.17, 15) is 9.18 Å². The van der Waals surface area contributed by atoms with Crippen molar-refractivity contribution < 1.29 is 13.9 Å². The number of rotatable bonds is 4. The SMILES string of the molecule is Cc1ccc(C(=O)COc2ccc(C#N)c(F)c2)cc1C. The molecule has 106 valence electrons. The Bertz CT molecular complexity index is 732. The first-order valence-electron chi connectivity index (χ1n) is 6.44. The average molecular weight is 283 g/mol. The molecule has 21 heavy (non-hydrogen) atoms. The van der Waals surface area contributed by atoms with Crippen molar-refractivity contribution in [2.45, 2.75) is 13.8 Å². The number of benzene rings is 2. The number of Topliss-reactive ketones (excluding diaryl/α,β-unsaturated/α-hetero) is 1. The van der Waals surface area contributed by atoms with Gasteiger partial charge in [0.15, 0.2) is 12.4 Å². The second-order valence-corrected chi connectivity index (χ2v) is 4.76. The smallest absolute Gasteiger partial charge is 0.200 e. The van der Waals surface area contributed by atoms with Gasteiger partial charge in [-0.2, -0.15) is 5.26 Å². The quantitative estimate of drug-likeness (QED) is 0.806. The van der Waals surface area contributed by atoms with Gasteiger partial charge in [0.05, 0.1) is 5.56 Å². The summed E-state index contributed by atoms with van der Waals surface area (Å²) < 4.78 is 18.7. The molecule has 2 aromatic carbocycles. The van der Waals surface area contributed by atoms with Gasteiger partial charge in [-0.05, 0) is 43.2 Å². The molecule has 0 radical (unpaired) electrons. The number of ketones is 1. The Labute approximate surface area is 122 Å². The summed E-state index contributed by atoms with van der Waals surface area (Å²) in [6.45, 7) is 3.73. The number of halogens is 1. The lowest BCUT2D eigenvalue weighted by Gasteiger charge is -2.07. The van der Waals surface area contributed by atoms with E-state index in [1.54, 1.807) is 18.2 Å². The van der Waals surface area contributed by atoms with E-state index in [1.807, 2.05) is 19.9 Å². The maximum Gasteiger partial charge on any atom is 0.200 e. The molecule has 0 saturated heterocycles. The molecule has 0 bridgehead atoms. The number of hydrogen-bond donors (Lipinski definition) is 0. The minimum Gasteiger partial charge on any atom is -0.485 e. The Hall–Kier alpha value is -2.67. The summed E-state index contributed by atoms with van der Waals surface area (Å²) >= 11 is 0. The van der Waals surface area contributed by atoms with Crippen molar-refractivity contribution in [3.05, 3.63) is 64.5 Å². The van der Waals surface area contributed by atoms with E-state index in [2.05, 4.69) is 0 Å². The zero-order valence-corrected chi connectivity index (χ0v) is 11.8. The van der Waals surface area contributed by atoms with Crippen molar-refractivity contribution in [3.63, 3.8) is 0 Å². The summed E-state index contributed by atoms with van der Waals surface area (Å²) in [5.74, 6) is -0.611. The van der Waals surface area contributed by atoms with Crippen LogP contribution in [0.5, 0.6) is 5.75 Å². The van der Waals surface area contributed by atoms with E-state index >= 15 is 0 Å². The first-order valence-corrected chi connectivity index (χ1v) is 6.44. The van der Waals surface area contributed by atoms with Crippen molar-refractivity contribution in [2.75, 3.05) is 6.61 Å². The number of carbonyl (C=O) groups excluding carboxylic acids is 1. The van der Waals surface area contributed by atoms with E-state index in [4.69, 9.17) is 10.00 Å². The van der Waals surface area contributed by atoms with Gasteiger partial charge in [-0.3, -0.25) is 4.79 Å². The van der Waals surface area contributed by atoms with Crippen LogP contribution >= 0.6 is 0 Å². The summed E-state index contributed by atoms with van der Waals surface area (Å²) in [4.78, 5) is 12.0. The third kappa shape index (κ3) is 3.46. The highest BCUT2D eigenvalue weighted by molar-refractivity contribution is 5.97. The molecule has 0 spiro atoms. The molecule has 0 atom stereocenters. The molecule has 0 fully saturated rings. The molecule has 0 saturated carbocycles. The predicted molar refractivity (Wildman–Crippen MR) is 76.9 cm³/mol. The van der Waals surface area contributed by atoms with Crippen molar-refractivity contribution in [1.82, 2.24) is 0 Å². The molecule has 0 N–H and O–H groups in total. The lowest BCUT2D eigenvalue weighted by molar-refractivity contribution is 0.0921. The van der Waals surface area contributed by atoms with Gasteiger partial charge in [-0.1, -0.05) is 12.1 Å². The van der Waals surface area contributed by atoms with Gasteiger partial charge in [0.25, 0.3) is 0 Å². The van der Waals surface area contributed by atoms with E-state index < -0.39 is 5.82 Å². The molecule has 2 aromatic rings. The summed E-state index contributed by atoms with van der Waals surface area (Å²) in [6.07, 6.45) is 0. The molecular formula is C17H14FNO2. The van der Waals surface area contributed by atoms with Gasteiger partial charge in [0, 0.05) is 11.6 Å². The van der Waals surface area contributed by atoms with E-state index in [0.29, 0.717) is 5.56 Å². The minimum absolute atomic E-state index is 0.0529. The number of carbonyl (C=O) groups is 1. The van der Waals surface area contributed by atoms with Crippen LogP contribution in [0.3, 0.4) is 0 Å². The molecule has 0 amide bonds. The van der Waals surface area contributed by atoms with Crippen LogP contribution in [0.25, 0.3) is 0 Å². The number of aryl methyl sites for hydroxylation is 2. The Balaban J connectivity index is 2.05. The first kappa shape index (κ1) is 14.7. The normalized spacial score (nSPS) is 10.0. The second kappa shape index (κ2) is 6.19. The van der Waals surface area contributed by atoms with Gasteiger partial charge in [-0.25, -0.2) is 4.39 Å². The Kier molecular flexibility index (Phi) is 4.34. The zero-order chi connectivity index (χ0) is 15.4. The number of nitrogens with zero attached hydrogens (tertiary/aromatic N) is 1. The number of ether oxygens (including phenoxy) is 1. The fourth-order valence-electron chi connectivity index (χ4n) is 1.82. The molecule has 0 aliphatic carbocycles. The van der Waals surface area contributed by atoms with Crippen molar-refractivity contribution in [3.8, 4) is 11.8 Å². The molecule has 0 aromatic heterocycles. The Morgan fingerprint density at radius 2 is 1.95 bits per heavy atom. The highest BCUT2D eigenvalue weighted by Gasteiger charge is 2.09. The summed E-state index contributed by atoms with van der Waals surface area (Å²) in [5.41, 5.74) is 2.65. The summed E-state index contributed by atoms with van der Waals surface area (Å²) in [7, 11) is 0. The molecule has 4 heteroatoms. The van der Waals surface area contributed by atoms with Crippen LogP contribution in [0.15, 0.2) is 36.4 Å². The van der Waals surface area contributed by atoms with Gasteiger partial charge in [0.2, 0.25) is 0 Å². The lowest BCUT2D eigenvalue weighted by atomic mass is 10.0. The molecule has 3 nitrogen and oxygen atoms in total. The molecule has 2 rings (SSSR count). The fourth-order valence-corrected chi connectivity index (χ4v) is 1.82. The zero-order valence-electron chi connectivity index (χ0n) is 11.8. The maximum absolute atomic E-state index is 13.4. The van der Waals surface area contributed by atoms with Gasteiger partial charge < -0.3 is 4.74 Å². The van der Waals surface area contributed by atoms with Crippen LogP contribution in [0.4, 0.5) is 4.39 Å². The Morgan fingerprint density at radius 3 is 2.57 bits per heavy atom. The third-order valence-corrected chi connectivity index (χ3v) is 3.26. The topological polar surface area (TPSA) is 50.1 Å². The minimum atomic E-state index is -0.659. The van der Waals surface area contributed by atoms with Crippen molar-refractivity contribution >= 4 is 5.78 Å². The van der Waals surface area contributed by atoms with Gasteiger partial charge >= 0.3 is 0 Å². The number of hydrogen-bond acceptors (Lipinski definition) is 3. The largest absolute Gasteiger partial charge is 0.485 e. The van der Waals surface area contributed by atoms with Crippen LogP contribution < -0.4 is 4.74 Å². The predicted octanol–water partition coefficient (Wildman–Crippen LogP) is 3.58. The van der Waals surface area contributed by atoms with Crippen LogP contribution in [0.2, 0.25) is 0 Å².